The molecule has 1 saturated heterocycles. The first-order chi connectivity index (χ1) is 30.5. The number of benzene rings is 2. The maximum atomic E-state index is 13.2. The molecule has 0 saturated carbocycles. The van der Waals surface area contributed by atoms with Crippen LogP contribution in [0.25, 0.3) is 11.2 Å². The highest BCUT2D eigenvalue weighted by molar-refractivity contribution is 8.77. The number of nitrogens with zero attached hydrogens (tertiary/aromatic N) is 4. The number of ether oxygens (including phenoxy) is 3. The monoisotopic (exact) mass is 924 g/mol. The number of aromatic amines is 1. The van der Waals surface area contributed by atoms with E-state index in [-0.39, 0.29) is 59.9 Å². The van der Waals surface area contributed by atoms with Gasteiger partial charge in [0, 0.05) is 36.6 Å². The molecule has 1 aliphatic heterocycles. The van der Waals surface area contributed by atoms with Gasteiger partial charge in [0.1, 0.15) is 18.0 Å². The molecule has 0 spiro atoms. The molecular weight excluding hydrogens is 862 g/mol. The maximum absolute atomic E-state index is 13.2. The molecule has 0 bridgehead atoms. The largest absolute Gasteiger partial charge is 0.484 e. The number of rotatable bonds is 23. The van der Waals surface area contributed by atoms with Crippen LogP contribution in [0.5, 0.6) is 5.75 Å². The molecular formula is C45H62N7O8PS2. The molecule has 15 nitrogen and oxygen atoms in total. The number of imidazole rings is 1. The van der Waals surface area contributed by atoms with Gasteiger partial charge in [0.25, 0.3) is 20.0 Å². The van der Waals surface area contributed by atoms with E-state index in [2.05, 4.69) is 104 Å². The van der Waals surface area contributed by atoms with E-state index in [0.29, 0.717) is 37.5 Å². The third-order valence-corrected chi connectivity index (χ3v) is 15.7. The van der Waals surface area contributed by atoms with Gasteiger partial charge in [-0.1, -0.05) is 71.7 Å². The van der Waals surface area contributed by atoms with E-state index in [1.165, 1.54) is 6.33 Å². The predicted molar refractivity (Wildman–Crippen MR) is 252 cm³/mol. The number of methoxy groups -OCH3 is 1. The van der Waals surface area contributed by atoms with Gasteiger partial charge in [-0.2, -0.15) is 4.98 Å². The lowest BCUT2D eigenvalue weighted by molar-refractivity contribution is -0.121. The van der Waals surface area contributed by atoms with Crippen molar-refractivity contribution in [1.82, 2.24) is 29.5 Å². The Labute approximate surface area is 381 Å². The van der Waals surface area contributed by atoms with E-state index in [1.807, 2.05) is 24.3 Å². The van der Waals surface area contributed by atoms with Crippen molar-refractivity contribution in [3.05, 3.63) is 76.3 Å². The number of carbonyl (C=O) groups is 2. The molecule has 18 heteroatoms. The van der Waals surface area contributed by atoms with E-state index in [9.17, 15) is 14.4 Å². The maximum Gasteiger partial charge on any atom is 0.280 e. The van der Waals surface area contributed by atoms with Gasteiger partial charge >= 0.3 is 0 Å². The van der Waals surface area contributed by atoms with Crippen molar-refractivity contribution in [2.75, 3.05) is 32.2 Å². The standard InChI is InChI=1S/C45H62N7O8PS2/c1-12-24-46-36(53)21-23-45(9,10)63-62-35-16-14-13-15-33(35)22-25-58-61(52(29(4)5)30(6)7)60-39-31(8)59-43(40(39)56-11)51-27-47-38-41(51)49-44(50-42(38)55)48-37(54)26-57-34-19-17-32(18-20-34)28(2)3/h1,13-20,27-31,39-40,43H,21-26H2,2-11H3,(H,46,53)(H2,48,49,50,54,55)/t31-,39?,40+,43-,61?/m1/s1/i8D. The van der Waals surface area contributed by atoms with Crippen molar-refractivity contribution in [3.63, 3.8) is 0 Å². The average molecular weight is 925 g/mol. The summed E-state index contributed by atoms with van der Waals surface area (Å²) in [6.07, 6.45) is 5.27. The number of carbonyl (C=O) groups excluding carboxylic acids is 2. The molecule has 1 fully saturated rings. The number of amides is 2. The molecule has 3 N–H and O–H groups in total. The van der Waals surface area contributed by atoms with Gasteiger partial charge in [-0.05, 0) is 96.5 Å². The van der Waals surface area contributed by atoms with E-state index in [0.717, 1.165) is 16.0 Å². The molecule has 342 valence electrons. The summed E-state index contributed by atoms with van der Waals surface area (Å²) in [5.41, 5.74) is 1.89. The van der Waals surface area contributed by atoms with Crippen LogP contribution in [0.2, 0.25) is 0 Å². The number of hydrogen-bond acceptors (Lipinski definition) is 13. The Balaban J connectivity index is 1.29. The topological polar surface area (TPSA) is 171 Å². The number of hydrogen-bond donors (Lipinski definition) is 3. The summed E-state index contributed by atoms with van der Waals surface area (Å²) in [6, 6.07) is 15.8. The lowest BCUT2D eigenvalue weighted by Gasteiger charge is -2.38. The van der Waals surface area contributed by atoms with Crippen LogP contribution < -0.4 is 20.9 Å². The minimum Gasteiger partial charge on any atom is -0.484 e. The van der Waals surface area contributed by atoms with Crippen molar-refractivity contribution < 1.29 is 34.2 Å². The molecule has 4 aromatic rings. The van der Waals surface area contributed by atoms with Crippen LogP contribution in [0.3, 0.4) is 0 Å². The first-order valence-corrected chi connectivity index (χ1v) is 24.3. The third kappa shape index (κ3) is 13.8. The summed E-state index contributed by atoms with van der Waals surface area (Å²) in [5.74, 6) is 2.66. The molecule has 2 aromatic heterocycles. The number of fused-ring (bicyclic) bond motifs is 1. The molecule has 3 heterocycles. The second kappa shape index (κ2) is 23.3. The average Bonchev–Trinajstić information content (AvgIpc) is 3.84. The fourth-order valence-electron chi connectivity index (χ4n) is 6.85. The number of nitrogens with one attached hydrogen (secondary N) is 3. The lowest BCUT2D eigenvalue weighted by Crippen LogP contribution is -2.39. The van der Waals surface area contributed by atoms with E-state index >= 15 is 0 Å². The van der Waals surface area contributed by atoms with Crippen molar-refractivity contribution in [2.45, 2.75) is 134 Å². The molecule has 0 aliphatic carbocycles. The molecule has 1 aliphatic rings. The Morgan fingerprint density at radius 3 is 2.49 bits per heavy atom. The van der Waals surface area contributed by atoms with Gasteiger partial charge in [0.05, 0.1) is 25.6 Å². The Bertz CT molecular complexity index is 2250. The number of aromatic nitrogens is 4. The summed E-state index contributed by atoms with van der Waals surface area (Å²) in [7, 11) is 3.24. The fraction of sp³-hybridized carbons (Fsp3) is 0.533. The summed E-state index contributed by atoms with van der Waals surface area (Å²) in [4.78, 5) is 50.9. The number of H-pyrrole nitrogens is 1. The molecule has 0 radical (unpaired) electrons. The lowest BCUT2D eigenvalue weighted by atomic mass is 10.0. The zero-order valence-electron chi connectivity index (χ0n) is 38.6. The zero-order chi connectivity index (χ0) is 46.6. The molecule has 63 heavy (non-hydrogen) atoms. The highest BCUT2D eigenvalue weighted by atomic mass is 33.1. The van der Waals surface area contributed by atoms with Crippen LogP contribution in [0.1, 0.15) is 99.8 Å². The van der Waals surface area contributed by atoms with Gasteiger partial charge in [-0.3, -0.25) is 29.3 Å². The van der Waals surface area contributed by atoms with Crippen molar-refractivity contribution >= 4 is 59.0 Å². The van der Waals surface area contributed by atoms with Gasteiger partial charge in [0.15, 0.2) is 24.0 Å². The summed E-state index contributed by atoms with van der Waals surface area (Å²) in [6.45, 7) is 16.9. The highest BCUT2D eigenvalue weighted by Gasteiger charge is 2.48. The zero-order valence-corrected chi connectivity index (χ0v) is 40.1. The molecule has 2 aromatic carbocycles. The Kier molecular flexibility index (Phi) is 17.9. The smallest absolute Gasteiger partial charge is 0.280 e. The summed E-state index contributed by atoms with van der Waals surface area (Å²) >= 11 is 0. The Morgan fingerprint density at radius 1 is 1.10 bits per heavy atom. The van der Waals surface area contributed by atoms with Crippen LogP contribution in [-0.4, -0.2) is 98.0 Å². The quantitative estimate of drug-likeness (QED) is 0.0370. The van der Waals surface area contributed by atoms with Gasteiger partial charge < -0.3 is 28.6 Å². The van der Waals surface area contributed by atoms with Crippen molar-refractivity contribution in [3.8, 4) is 18.1 Å². The van der Waals surface area contributed by atoms with Gasteiger partial charge in [0.2, 0.25) is 11.9 Å². The van der Waals surface area contributed by atoms with Crippen LogP contribution >= 0.6 is 30.1 Å². The summed E-state index contributed by atoms with van der Waals surface area (Å²) < 4.78 is 43.9. The second-order valence-corrected chi connectivity index (χ2v) is 20.8. The van der Waals surface area contributed by atoms with E-state index < -0.39 is 44.5 Å². The van der Waals surface area contributed by atoms with E-state index in [4.69, 9.17) is 31.1 Å². The molecule has 2 unspecified atom stereocenters. The highest BCUT2D eigenvalue weighted by Crippen LogP contribution is 2.51. The molecule has 5 rings (SSSR count). The Hall–Kier alpha value is -3.98. The molecule has 5 atom stereocenters. The Morgan fingerprint density at radius 2 is 1.83 bits per heavy atom. The first-order valence-electron chi connectivity index (χ1n) is 21.7. The second-order valence-electron chi connectivity index (χ2n) is 16.5. The normalized spacial score (nSPS) is 18.6. The number of terminal acetylenes is 1. The van der Waals surface area contributed by atoms with Crippen molar-refractivity contribution in [2.24, 2.45) is 0 Å². The third-order valence-electron chi connectivity index (χ3n) is 10.1. The predicted octanol–water partition coefficient (Wildman–Crippen LogP) is 8.23. The van der Waals surface area contributed by atoms with Crippen LogP contribution in [-0.2, 0) is 34.5 Å². The van der Waals surface area contributed by atoms with E-state index in [1.54, 1.807) is 45.4 Å². The number of anilines is 1. The van der Waals surface area contributed by atoms with Crippen LogP contribution in [0.4, 0.5) is 5.95 Å². The first kappa shape index (κ1) is 48.5. The van der Waals surface area contributed by atoms with Crippen molar-refractivity contribution in [1.29, 1.82) is 0 Å². The van der Waals surface area contributed by atoms with Gasteiger partial charge in [-0.25, -0.2) is 9.65 Å². The van der Waals surface area contributed by atoms with Gasteiger partial charge in [-0.15, -0.1) is 6.42 Å². The minimum atomic E-state index is -1.71. The van der Waals surface area contributed by atoms with Crippen LogP contribution in [0.15, 0.2) is 64.5 Å². The fourth-order valence-corrected chi connectivity index (χ4v) is 11.2. The SMILES string of the molecule is [2H]C[C@H]1O[C@@H](n2cnc3c(=O)[nH]c(NC(=O)COc4ccc(C(C)C)cc4)nc32)[C@@H](OC)C1OP(OCCc1ccccc1SSC(C)(C)CCC(=O)NCC#C)N(C(C)C)C(C)C. The minimum absolute atomic E-state index is 0.0324. The van der Waals surface area contributed by atoms with Crippen LogP contribution in [0, 0.1) is 12.3 Å². The molecule has 2 amide bonds. The summed E-state index contributed by atoms with van der Waals surface area (Å²) in [5, 5.41) is 5.36.